The number of hydrogen-bond acceptors (Lipinski definition) is 3. The summed E-state index contributed by atoms with van der Waals surface area (Å²) in [5.74, 6) is 4.17. The van der Waals surface area contributed by atoms with Crippen LogP contribution in [0.2, 0.25) is 0 Å². The molecule has 3 rings (SSSR count). The van der Waals surface area contributed by atoms with Crippen LogP contribution in [0, 0.1) is 12.3 Å². The number of likely N-dealkylation sites (tertiary alicyclic amines) is 1. The lowest BCUT2D eigenvalue weighted by atomic mass is 9.90. The molecule has 5 heteroatoms. The molecule has 1 aliphatic rings. The average molecular weight is 378 g/mol. The van der Waals surface area contributed by atoms with Crippen molar-refractivity contribution in [2.75, 3.05) is 26.8 Å². The summed E-state index contributed by atoms with van der Waals surface area (Å²) in [7, 11) is 1.58. The molecule has 1 heterocycles. The van der Waals surface area contributed by atoms with Gasteiger partial charge in [-0.3, -0.25) is 0 Å². The maximum Gasteiger partial charge on any atom is 0.317 e. The van der Waals surface area contributed by atoms with Crippen molar-refractivity contribution in [3.63, 3.8) is 0 Å². The molecule has 1 N–H and O–H groups in total. The second-order valence-electron chi connectivity index (χ2n) is 6.81. The number of hydrogen-bond donors (Lipinski definition) is 1. The Morgan fingerprint density at radius 3 is 2.61 bits per heavy atom. The number of urea groups is 1. The molecule has 146 valence electrons. The van der Waals surface area contributed by atoms with Crippen LogP contribution in [0.1, 0.15) is 29.9 Å². The van der Waals surface area contributed by atoms with Crippen LogP contribution in [-0.2, 0) is 6.54 Å². The van der Waals surface area contributed by atoms with Crippen LogP contribution in [0.3, 0.4) is 0 Å². The summed E-state index contributed by atoms with van der Waals surface area (Å²) >= 11 is 0. The number of methoxy groups -OCH3 is 1. The summed E-state index contributed by atoms with van der Waals surface area (Å²) < 4.78 is 10.8. The van der Waals surface area contributed by atoms with Crippen LogP contribution in [0.4, 0.5) is 4.79 Å². The fraction of sp³-hybridized carbons (Fsp3) is 0.348. The molecular formula is C23H26N2O3. The monoisotopic (exact) mass is 378 g/mol. The van der Waals surface area contributed by atoms with E-state index in [0.29, 0.717) is 24.0 Å². The SMILES string of the molecule is C#CCOc1cc(CNC(=O)N2CCC(c3ccccc3)CC2)ccc1OC. The van der Waals surface area contributed by atoms with Gasteiger partial charge in [0.2, 0.25) is 0 Å². The minimum atomic E-state index is -0.0339. The molecule has 0 spiro atoms. The van der Waals surface area contributed by atoms with Crippen molar-refractivity contribution >= 4 is 6.03 Å². The number of piperidine rings is 1. The third kappa shape index (κ3) is 4.98. The lowest BCUT2D eigenvalue weighted by molar-refractivity contribution is 0.181. The largest absolute Gasteiger partial charge is 0.493 e. The lowest BCUT2D eigenvalue weighted by Crippen LogP contribution is -2.43. The Hall–Kier alpha value is -3.13. The van der Waals surface area contributed by atoms with E-state index in [-0.39, 0.29) is 12.6 Å². The van der Waals surface area contributed by atoms with Crippen molar-refractivity contribution in [3.05, 3.63) is 59.7 Å². The zero-order chi connectivity index (χ0) is 19.8. The number of carbonyl (C=O) groups is 1. The molecular weight excluding hydrogens is 352 g/mol. The van der Waals surface area contributed by atoms with E-state index in [2.05, 4.69) is 35.5 Å². The Labute approximate surface area is 166 Å². The van der Waals surface area contributed by atoms with Gasteiger partial charge in [0, 0.05) is 19.6 Å². The fourth-order valence-corrected chi connectivity index (χ4v) is 3.49. The van der Waals surface area contributed by atoms with Crippen molar-refractivity contribution < 1.29 is 14.3 Å². The minimum absolute atomic E-state index is 0.0339. The first-order chi connectivity index (χ1) is 13.7. The molecule has 0 saturated carbocycles. The molecule has 2 aromatic rings. The van der Waals surface area contributed by atoms with E-state index in [0.717, 1.165) is 31.5 Å². The summed E-state index contributed by atoms with van der Waals surface area (Å²) in [6, 6.07) is 16.1. The number of rotatable bonds is 6. The first kappa shape index (κ1) is 19.6. The number of nitrogens with one attached hydrogen (secondary N) is 1. The molecule has 1 saturated heterocycles. The molecule has 5 nitrogen and oxygen atoms in total. The van der Waals surface area contributed by atoms with Gasteiger partial charge in [-0.1, -0.05) is 42.3 Å². The highest BCUT2D eigenvalue weighted by atomic mass is 16.5. The summed E-state index contributed by atoms with van der Waals surface area (Å²) in [5, 5.41) is 2.99. The third-order valence-corrected chi connectivity index (χ3v) is 5.04. The highest BCUT2D eigenvalue weighted by molar-refractivity contribution is 5.74. The third-order valence-electron chi connectivity index (χ3n) is 5.04. The summed E-state index contributed by atoms with van der Waals surface area (Å²) in [5.41, 5.74) is 2.29. The average Bonchev–Trinajstić information content (AvgIpc) is 2.76. The number of nitrogens with zero attached hydrogens (tertiary/aromatic N) is 1. The Kier molecular flexibility index (Phi) is 6.80. The normalized spacial score (nSPS) is 14.2. The molecule has 0 aromatic heterocycles. The van der Waals surface area contributed by atoms with Crippen LogP contribution >= 0.6 is 0 Å². The van der Waals surface area contributed by atoms with Gasteiger partial charge in [-0.05, 0) is 42.0 Å². The molecule has 1 aliphatic heterocycles. The minimum Gasteiger partial charge on any atom is -0.493 e. The van der Waals surface area contributed by atoms with Gasteiger partial charge in [0.05, 0.1) is 7.11 Å². The Balaban J connectivity index is 1.51. The number of benzene rings is 2. The molecule has 28 heavy (non-hydrogen) atoms. The molecule has 0 atom stereocenters. The standard InChI is InChI=1S/C23H26N2O3/c1-3-15-28-22-16-18(9-10-21(22)27-2)17-24-23(26)25-13-11-20(12-14-25)19-7-5-4-6-8-19/h1,4-10,16,20H,11-15,17H2,2H3,(H,24,26). The van der Waals surface area contributed by atoms with Crippen molar-refractivity contribution in [2.24, 2.45) is 0 Å². The molecule has 1 fully saturated rings. The van der Waals surface area contributed by atoms with Crippen LogP contribution < -0.4 is 14.8 Å². The summed E-state index contributed by atoms with van der Waals surface area (Å²) in [4.78, 5) is 14.4. The van der Waals surface area contributed by atoms with Crippen LogP contribution in [0.5, 0.6) is 11.5 Å². The molecule has 0 radical (unpaired) electrons. The number of amides is 2. The molecule has 0 bridgehead atoms. The van der Waals surface area contributed by atoms with Gasteiger partial charge in [-0.15, -0.1) is 6.42 Å². The molecule has 2 amide bonds. The van der Waals surface area contributed by atoms with E-state index in [4.69, 9.17) is 15.9 Å². The molecule has 2 aromatic carbocycles. The van der Waals surface area contributed by atoms with E-state index < -0.39 is 0 Å². The number of terminal acetylenes is 1. The van der Waals surface area contributed by atoms with Crippen LogP contribution in [0.15, 0.2) is 48.5 Å². The number of carbonyl (C=O) groups excluding carboxylic acids is 1. The van der Waals surface area contributed by atoms with Gasteiger partial charge in [-0.2, -0.15) is 0 Å². The van der Waals surface area contributed by atoms with E-state index >= 15 is 0 Å². The maximum atomic E-state index is 12.5. The van der Waals surface area contributed by atoms with Crippen molar-refractivity contribution in [2.45, 2.75) is 25.3 Å². The van der Waals surface area contributed by atoms with Gasteiger partial charge in [0.25, 0.3) is 0 Å². The second kappa shape index (κ2) is 9.70. The first-order valence-electron chi connectivity index (χ1n) is 9.52. The van der Waals surface area contributed by atoms with Crippen molar-refractivity contribution in [1.82, 2.24) is 10.2 Å². The van der Waals surface area contributed by atoms with Gasteiger partial charge in [-0.25, -0.2) is 4.79 Å². The highest BCUT2D eigenvalue weighted by Crippen LogP contribution is 2.29. The smallest absolute Gasteiger partial charge is 0.317 e. The zero-order valence-electron chi connectivity index (χ0n) is 16.2. The Morgan fingerprint density at radius 1 is 1.18 bits per heavy atom. The van der Waals surface area contributed by atoms with E-state index in [9.17, 15) is 4.79 Å². The molecule has 0 unspecified atom stereocenters. The van der Waals surface area contributed by atoms with Crippen molar-refractivity contribution in [3.8, 4) is 23.8 Å². The predicted octanol–water partition coefficient (Wildman–Crippen LogP) is 3.80. The predicted molar refractivity (Wildman–Crippen MR) is 110 cm³/mol. The van der Waals surface area contributed by atoms with Crippen LogP contribution in [-0.4, -0.2) is 37.7 Å². The first-order valence-corrected chi connectivity index (χ1v) is 9.52. The quantitative estimate of drug-likeness (QED) is 0.778. The Bertz CT molecular complexity index is 821. The van der Waals surface area contributed by atoms with E-state index in [1.54, 1.807) is 7.11 Å². The fourth-order valence-electron chi connectivity index (χ4n) is 3.49. The second-order valence-corrected chi connectivity index (χ2v) is 6.81. The molecule has 0 aliphatic carbocycles. The van der Waals surface area contributed by atoms with E-state index in [1.165, 1.54) is 5.56 Å². The van der Waals surface area contributed by atoms with Gasteiger partial charge in [0.15, 0.2) is 11.5 Å². The van der Waals surface area contributed by atoms with E-state index in [1.807, 2.05) is 29.2 Å². The lowest BCUT2D eigenvalue weighted by Gasteiger charge is -2.32. The van der Waals surface area contributed by atoms with Gasteiger partial charge in [0.1, 0.15) is 6.61 Å². The van der Waals surface area contributed by atoms with Crippen LogP contribution in [0.25, 0.3) is 0 Å². The topological polar surface area (TPSA) is 50.8 Å². The zero-order valence-corrected chi connectivity index (χ0v) is 16.2. The van der Waals surface area contributed by atoms with Gasteiger partial charge >= 0.3 is 6.03 Å². The highest BCUT2D eigenvalue weighted by Gasteiger charge is 2.23. The number of ether oxygens (including phenoxy) is 2. The Morgan fingerprint density at radius 2 is 1.93 bits per heavy atom. The van der Waals surface area contributed by atoms with Crippen molar-refractivity contribution in [1.29, 1.82) is 0 Å². The maximum absolute atomic E-state index is 12.5. The summed E-state index contributed by atoms with van der Waals surface area (Å²) in [6.45, 7) is 2.13. The summed E-state index contributed by atoms with van der Waals surface area (Å²) in [6.07, 6.45) is 7.24. The van der Waals surface area contributed by atoms with Gasteiger partial charge < -0.3 is 19.7 Å².